The van der Waals surface area contributed by atoms with Gasteiger partial charge in [0.15, 0.2) is 17.1 Å². The summed E-state index contributed by atoms with van der Waals surface area (Å²) in [6.07, 6.45) is 2.11. The van der Waals surface area contributed by atoms with Crippen molar-refractivity contribution >= 4 is 17.7 Å². The van der Waals surface area contributed by atoms with Crippen LogP contribution in [0.3, 0.4) is 0 Å². The van der Waals surface area contributed by atoms with E-state index in [1.54, 1.807) is 90.0 Å². The summed E-state index contributed by atoms with van der Waals surface area (Å²) >= 11 is 0. The molecule has 248 valence electrons. The van der Waals surface area contributed by atoms with Crippen LogP contribution >= 0.6 is 0 Å². The average Bonchev–Trinajstić information content (AvgIpc) is 3.13. The van der Waals surface area contributed by atoms with E-state index in [0.29, 0.717) is 64.4 Å². The van der Waals surface area contributed by atoms with Gasteiger partial charge in [0.2, 0.25) is 0 Å². The lowest BCUT2D eigenvalue weighted by molar-refractivity contribution is -0.141. The van der Waals surface area contributed by atoms with E-state index < -0.39 is 5.60 Å². The monoisotopic (exact) mass is 652 g/mol. The number of hydrogen-bond donors (Lipinski definition) is 2. The topological polar surface area (TPSA) is 138 Å². The maximum Gasteiger partial charge on any atom is 0.272 e. The molecule has 0 unspecified atom stereocenters. The molecule has 0 radical (unpaired) electrons. The lowest BCUT2D eigenvalue weighted by Crippen LogP contribution is -2.58. The van der Waals surface area contributed by atoms with Gasteiger partial charge in [-0.25, -0.2) is 0 Å². The van der Waals surface area contributed by atoms with Crippen LogP contribution < -0.4 is 34.3 Å². The van der Waals surface area contributed by atoms with Crippen molar-refractivity contribution < 1.29 is 38.1 Å². The number of benzene rings is 3. The second-order valence-electron chi connectivity index (χ2n) is 11.3. The van der Waals surface area contributed by atoms with Crippen molar-refractivity contribution in [2.75, 3.05) is 40.5 Å². The number of nitrogens with one attached hydrogen (secondary N) is 2. The number of methoxy groups -OCH3 is 2. The Bertz CT molecular complexity index is 1770. The van der Waals surface area contributed by atoms with E-state index >= 15 is 0 Å². The zero-order valence-corrected chi connectivity index (χ0v) is 26.7. The summed E-state index contributed by atoms with van der Waals surface area (Å²) in [7, 11) is 3.05. The molecule has 12 nitrogen and oxygen atoms in total. The van der Waals surface area contributed by atoms with E-state index in [1.807, 2.05) is 0 Å². The van der Waals surface area contributed by atoms with Crippen molar-refractivity contribution in [1.29, 1.82) is 0 Å². The number of aromatic nitrogens is 1. The first-order valence-corrected chi connectivity index (χ1v) is 15.6. The minimum absolute atomic E-state index is 0.149. The maximum atomic E-state index is 14.0. The Morgan fingerprint density at radius 3 is 2.33 bits per heavy atom. The zero-order valence-electron chi connectivity index (χ0n) is 26.7. The summed E-state index contributed by atoms with van der Waals surface area (Å²) in [5.41, 5.74) is 0.200. The molecule has 6 heterocycles. The van der Waals surface area contributed by atoms with Gasteiger partial charge < -0.3 is 39.2 Å². The van der Waals surface area contributed by atoms with Crippen LogP contribution in [0.4, 0.5) is 0 Å². The smallest absolute Gasteiger partial charge is 0.272 e. The van der Waals surface area contributed by atoms with Crippen LogP contribution in [0.25, 0.3) is 0 Å². The summed E-state index contributed by atoms with van der Waals surface area (Å²) in [5.74, 6) is 1.98. The van der Waals surface area contributed by atoms with Gasteiger partial charge in [-0.2, -0.15) is 0 Å². The molecule has 4 aromatic rings. The highest BCUT2D eigenvalue weighted by atomic mass is 16.5. The lowest BCUT2D eigenvalue weighted by Gasteiger charge is -2.40. The van der Waals surface area contributed by atoms with Crippen molar-refractivity contribution in [2.24, 2.45) is 0 Å². The van der Waals surface area contributed by atoms with Crippen molar-refractivity contribution in [3.8, 4) is 34.5 Å². The molecule has 1 saturated heterocycles. The number of carbonyl (C=O) groups is 3. The predicted octanol–water partition coefficient (Wildman–Crippen LogP) is 4.38. The average molecular weight is 653 g/mol. The van der Waals surface area contributed by atoms with Crippen LogP contribution in [-0.2, 0) is 11.3 Å². The molecule has 0 aliphatic carbocycles. The third-order valence-corrected chi connectivity index (χ3v) is 8.30. The second-order valence-corrected chi connectivity index (χ2v) is 11.3. The Morgan fingerprint density at radius 1 is 0.854 bits per heavy atom. The van der Waals surface area contributed by atoms with Gasteiger partial charge >= 0.3 is 0 Å². The number of nitrogens with zero attached hydrogens (tertiary/aromatic N) is 2. The summed E-state index contributed by atoms with van der Waals surface area (Å²) < 4.78 is 29.5. The second kappa shape index (κ2) is 14.3. The van der Waals surface area contributed by atoms with Gasteiger partial charge in [-0.05, 0) is 66.7 Å². The summed E-state index contributed by atoms with van der Waals surface area (Å²) in [6.45, 7) is 1.24. The molecule has 1 fully saturated rings. The number of carbonyl (C=O) groups excluding carboxylic acids is 3. The van der Waals surface area contributed by atoms with Gasteiger partial charge in [0.1, 0.15) is 35.3 Å². The third kappa shape index (κ3) is 7.12. The van der Waals surface area contributed by atoms with Crippen molar-refractivity contribution in [2.45, 2.75) is 25.0 Å². The number of ether oxygens (including phenoxy) is 5. The minimum atomic E-state index is -1.25. The molecule has 5 aliphatic heterocycles. The number of likely N-dealkylation sites (tertiary alicyclic amines) is 1. The molecule has 0 atom stereocenters. The fraction of sp³-hybridized carbons (Fsp3) is 0.278. The first-order valence-electron chi connectivity index (χ1n) is 15.6. The van der Waals surface area contributed by atoms with E-state index in [2.05, 4.69) is 15.6 Å². The van der Waals surface area contributed by atoms with Crippen LogP contribution in [0.5, 0.6) is 34.5 Å². The lowest BCUT2D eigenvalue weighted by atomic mass is 9.89. The number of amides is 3. The third-order valence-electron chi connectivity index (χ3n) is 8.30. The normalized spacial score (nSPS) is 16.2. The van der Waals surface area contributed by atoms with E-state index in [1.165, 1.54) is 14.2 Å². The van der Waals surface area contributed by atoms with Crippen molar-refractivity contribution in [1.82, 2.24) is 20.5 Å². The summed E-state index contributed by atoms with van der Waals surface area (Å²) in [6, 6.07) is 22.3. The van der Waals surface area contributed by atoms with Crippen molar-refractivity contribution in [3.05, 3.63) is 102 Å². The molecular formula is C36H36N4O8. The Labute approximate surface area is 277 Å². The maximum absolute atomic E-state index is 14.0. The summed E-state index contributed by atoms with van der Waals surface area (Å²) in [5, 5.41) is 5.89. The van der Waals surface area contributed by atoms with Gasteiger partial charge in [0, 0.05) is 55.9 Å². The largest absolute Gasteiger partial charge is 0.496 e. The molecule has 12 heteroatoms. The Hall–Kier alpha value is -5.78. The van der Waals surface area contributed by atoms with E-state index in [4.69, 9.17) is 23.7 Å². The van der Waals surface area contributed by atoms with Gasteiger partial charge in [-0.1, -0.05) is 6.07 Å². The Kier molecular flexibility index (Phi) is 9.60. The molecule has 6 bridgehead atoms. The van der Waals surface area contributed by atoms with Gasteiger partial charge in [0.05, 0.1) is 20.8 Å². The predicted molar refractivity (Wildman–Crippen MR) is 175 cm³/mol. The fourth-order valence-electron chi connectivity index (χ4n) is 5.66. The highest BCUT2D eigenvalue weighted by Gasteiger charge is 2.45. The van der Waals surface area contributed by atoms with Gasteiger partial charge in [-0.3, -0.25) is 19.4 Å². The first kappa shape index (κ1) is 32.2. The SMILES string of the molecule is COc1cc2ccc1CNC(=O)C1(CCN(C(=O)c3ccccn3)CC1)Oc1ccc(cc1)OCCNC(=O)c1ccc(OC)c(c1)O2. The molecule has 9 rings (SSSR count). The Morgan fingerprint density at radius 2 is 1.60 bits per heavy atom. The molecule has 1 spiro atoms. The minimum Gasteiger partial charge on any atom is -0.496 e. The van der Waals surface area contributed by atoms with Crippen LogP contribution in [0.1, 0.15) is 39.3 Å². The molecule has 48 heavy (non-hydrogen) atoms. The highest BCUT2D eigenvalue weighted by Crippen LogP contribution is 2.36. The van der Waals surface area contributed by atoms with E-state index in [9.17, 15) is 14.4 Å². The molecule has 0 saturated carbocycles. The standard InChI is InChI=1S/C36H36N4O8/c1-44-30-13-7-24-21-32(30)47-28-8-6-25(31(22-28)45-2)23-39-35(43)36(14-18-40(19-15-36)34(42)29-5-3-4-16-37-29)48-27-11-9-26(10-12-27)46-20-17-38-33(24)41/h3-13,16,21-22H,14-15,17-20,23H2,1-2H3,(H,38,41)(H,39,43). The molecule has 2 N–H and O–H groups in total. The van der Waals surface area contributed by atoms with E-state index in [0.717, 1.165) is 0 Å². The molecular weight excluding hydrogens is 616 g/mol. The molecule has 5 aliphatic rings. The molecule has 3 aromatic carbocycles. The van der Waals surface area contributed by atoms with Crippen molar-refractivity contribution in [3.63, 3.8) is 0 Å². The van der Waals surface area contributed by atoms with Crippen LogP contribution in [0, 0.1) is 0 Å². The molecule has 3 amide bonds. The number of rotatable bonds is 3. The van der Waals surface area contributed by atoms with Crippen LogP contribution in [0.15, 0.2) is 85.1 Å². The van der Waals surface area contributed by atoms with Crippen LogP contribution in [0.2, 0.25) is 0 Å². The zero-order chi connectivity index (χ0) is 33.5. The highest BCUT2D eigenvalue weighted by molar-refractivity contribution is 5.95. The first-order chi connectivity index (χ1) is 23.4. The Balaban J connectivity index is 1.28. The van der Waals surface area contributed by atoms with Crippen LogP contribution in [-0.4, -0.2) is 73.7 Å². The number of hydrogen-bond acceptors (Lipinski definition) is 9. The van der Waals surface area contributed by atoms with Gasteiger partial charge in [0.25, 0.3) is 17.7 Å². The molecule has 1 aromatic heterocycles. The fourth-order valence-corrected chi connectivity index (χ4v) is 5.66. The number of piperidine rings is 1. The quantitative estimate of drug-likeness (QED) is 0.330. The van der Waals surface area contributed by atoms with E-state index in [-0.39, 0.29) is 50.3 Å². The van der Waals surface area contributed by atoms with Gasteiger partial charge in [-0.15, -0.1) is 0 Å². The summed E-state index contributed by atoms with van der Waals surface area (Å²) in [4.78, 5) is 45.9. The number of pyridine rings is 1.